The van der Waals surface area contributed by atoms with Gasteiger partial charge in [0.25, 0.3) is 0 Å². The summed E-state index contributed by atoms with van der Waals surface area (Å²) < 4.78 is 5.47. The summed E-state index contributed by atoms with van der Waals surface area (Å²) in [6.45, 7) is 9.29. The Labute approximate surface area is 149 Å². The number of pyridine rings is 1. The summed E-state index contributed by atoms with van der Waals surface area (Å²) in [6, 6.07) is 6.74. The molecular formula is C19H27N5O. The van der Waals surface area contributed by atoms with Crippen LogP contribution in [-0.4, -0.2) is 50.6 Å². The number of hydrogen-bond acceptors (Lipinski definition) is 6. The van der Waals surface area contributed by atoms with Gasteiger partial charge in [0, 0.05) is 44.3 Å². The maximum Gasteiger partial charge on any atom is 0.240 e. The van der Waals surface area contributed by atoms with Crippen LogP contribution in [0, 0.1) is 5.92 Å². The molecule has 6 heteroatoms. The van der Waals surface area contributed by atoms with Gasteiger partial charge < -0.3 is 4.52 Å². The van der Waals surface area contributed by atoms with Gasteiger partial charge in [0.2, 0.25) is 5.89 Å². The van der Waals surface area contributed by atoms with Crippen molar-refractivity contribution in [3.63, 3.8) is 0 Å². The molecule has 3 saturated heterocycles. The van der Waals surface area contributed by atoms with Gasteiger partial charge in [-0.2, -0.15) is 4.98 Å². The molecule has 134 valence electrons. The number of rotatable bonds is 5. The van der Waals surface area contributed by atoms with E-state index < -0.39 is 0 Å². The average molecular weight is 341 g/mol. The van der Waals surface area contributed by atoms with E-state index in [0.29, 0.717) is 12.0 Å². The van der Waals surface area contributed by atoms with Crippen LogP contribution in [0.1, 0.15) is 50.0 Å². The fourth-order valence-electron chi connectivity index (χ4n) is 4.06. The van der Waals surface area contributed by atoms with Crippen molar-refractivity contribution in [3.05, 3.63) is 41.8 Å². The quantitative estimate of drug-likeness (QED) is 0.833. The smallest absolute Gasteiger partial charge is 0.240 e. The molecule has 2 atom stereocenters. The number of fused-ring (bicyclic) bond motifs is 4. The highest BCUT2D eigenvalue weighted by Gasteiger charge is 2.35. The molecule has 3 aliphatic rings. The van der Waals surface area contributed by atoms with Crippen LogP contribution in [-0.2, 0) is 13.1 Å². The lowest BCUT2D eigenvalue weighted by Crippen LogP contribution is -2.43. The molecule has 0 spiro atoms. The van der Waals surface area contributed by atoms with Crippen LogP contribution in [0.25, 0.3) is 0 Å². The van der Waals surface area contributed by atoms with Crippen LogP contribution in [0.2, 0.25) is 0 Å². The van der Waals surface area contributed by atoms with E-state index in [0.717, 1.165) is 56.1 Å². The van der Waals surface area contributed by atoms with E-state index in [1.807, 2.05) is 12.3 Å². The normalized spacial score (nSPS) is 24.8. The topological polar surface area (TPSA) is 58.3 Å². The van der Waals surface area contributed by atoms with E-state index in [1.165, 1.54) is 12.8 Å². The van der Waals surface area contributed by atoms with Crippen molar-refractivity contribution in [2.45, 2.75) is 51.7 Å². The SMILES string of the molecule is CC(C)c1noc(CN2C[C@H]3CC[C@@H]2CN(Cc2ccccn2)C3)n1. The first-order valence-corrected chi connectivity index (χ1v) is 9.36. The molecule has 5 rings (SSSR count). The van der Waals surface area contributed by atoms with Crippen LogP contribution in [0.4, 0.5) is 0 Å². The highest BCUT2D eigenvalue weighted by Crippen LogP contribution is 2.29. The molecule has 5 heterocycles. The van der Waals surface area contributed by atoms with Crippen LogP contribution in [0.5, 0.6) is 0 Å². The molecule has 0 aliphatic carbocycles. The summed E-state index contributed by atoms with van der Waals surface area (Å²) in [6.07, 6.45) is 4.46. The monoisotopic (exact) mass is 341 g/mol. The maximum atomic E-state index is 5.47. The van der Waals surface area contributed by atoms with E-state index in [4.69, 9.17) is 4.52 Å². The molecule has 0 amide bonds. The van der Waals surface area contributed by atoms with E-state index in [-0.39, 0.29) is 0 Å². The molecular weight excluding hydrogens is 314 g/mol. The number of hydrogen-bond donors (Lipinski definition) is 0. The third kappa shape index (κ3) is 3.90. The van der Waals surface area contributed by atoms with Crippen molar-refractivity contribution < 1.29 is 4.52 Å². The van der Waals surface area contributed by atoms with Crippen molar-refractivity contribution in [1.82, 2.24) is 24.9 Å². The van der Waals surface area contributed by atoms with Gasteiger partial charge in [-0.05, 0) is 30.9 Å². The maximum absolute atomic E-state index is 5.47. The van der Waals surface area contributed by atoms with E-state index in [1.54, 1.807) is 0 Å². The molecule has 3 fully saturated rings. The van der Waals surface area contributed by atoms with Crippen molar-refractivity contribution in [2.24, 2.45) is 5.92 Å². The third-order valence-corrected chi connectivity index (χ3v) is 5.35. The van der Waals surface area contributed by atoms with Crippen LogP contribution in [0.15, 0.2) is 28.9 Å². The number of nitrogens with zero attached hydrogens (tertiary/aromatic N) is 5. The molecule has 0 N–H and O–H groups in total. The first-order valence-electron chi connectivity index (χ1n) is 9.36. The van der Waals surface area contributed by atoms with Crippen molar-refractivity contribution in [2.75, 3.05) is 19.6 Å². The Bertz CT molecular complexity index is 686. The molecule has 0 aromatic carbocycles. The molecule has 2 aromatic heterocycles. The van der Waals surface area contributed by atoms with Gasteiger partial charge in [0.15, 0.2) is 5.82 Å². The fourth-order valence-corrected chi connectivity index (χ4v) is 4.06. The zero-order valence-electron chi connectivity index (χ0n) is 15.1. The molecule has 25 heavy (non-hydrogen) atoms. The fraction of sp³-hybridized carbons (Fsp3) is 0.632. The van der Waals surface area contributed by atoms with E-state index >= 15 is 0 Å². The molecule has 2 aromatic rings. The Hall–Kier alpha value is -1.79. The lowest BCUT2D eigenvalue weighted by atomic mass is 9.95. The van der Waals surface area contributed by atoms with Gasteiger partial charge in [0.05, 0.1) is 12.2 Å². The summed E-state index contributed by atoms with van der Waals surface area (Å²) in [4.78, 5) is 14.2. The van der Waals surface area contributed by atoms with Crippen molar-refractivity contribution in [3.8, 4) is 0 Å². The first-order chi connectivity index (χ1) is 12.2. The minimum absolute atomic E-state index is 0.312. The molecule has 0 radical (unpaired) electrons. The largest absolute Gasteiger partial charge is 0.338 e. The van der Waals surface area contributed by atoms with Crippen LogP contribution >= 0.6 is 0 Å². The Balaban J connectivity index is 1.42. The minimum Gasteiger partial charge on any atom is -0.338 e. The highest BCUT2D eigenvalue weighted by atomic mass is 16.5. The second kappa shape index (κ2) is 7.22. The predicted molar refractivity (Wildman–Crippen MR) is 94.8 cm³/mol. The van der Waals surface area contributed by atoms with Gasteiger partial charge in [-0.1, -0.05) is 25.1 Å². The Morgan fingerprint density at radius 2 is 2.08 bits per heavy atom. The Morgan fingerprint density at radius 1 is 1.16 bits per heavy atom. The van der Waals surface area contributed by atoms with E-state index in [9.17, 15) is 0 Å². The Kier molecular flexibility index (Phi) is 4.81. The molecule has 0 saturated carbocycles. The second-order valence-electron chi connectivity index (χ2n) is 7.74. The Morgan fingerprint density at radius 3 is 2.84 bits per heavy atom. The predicted octanol–water partition coefficient (Wildman–Crippen LogP) is 2.68. The van der Waals surface area contributed by atoms with Crippen molar-refractivity contribution in [1.29, 1.82) is 0 Å². The molecule has 3 aliphatic heterocycles. The zero-order chi connectivity index (χ0) is 17.2. The number of aromatic nitrogens is 3. The summed E-state index contributed by atoms with van der Waals surface area (Å²) in [5.41, 5.74) is 1.16. The van der Waals surface area contributed by atoms with Crippen LogP contribution < -0.4 is 0 Å². The van der Waals surface area contributed by atoms with Gasteiger partial charge in [0.1, 0.15) is 0 Å². The van der Waals surface area contributed by atoms with Crippen molar-refractivity contribution >= 4 is 0 Å². The van der Waals surface area contributed by atoms with Gasteiger partial charge in [-0.3, -0.25) is 14.8 Å². The standard InChI is InChI=1S/C19H27N5O/c1-14(2)19-21-18(25-22-19)13-24-10-15-6-7-17(24)12-23(9-15)11-16-5-3-4-8-20-16/h3-5,8,14-15,17H,6-7,9-13H2,1-2H3/t15-,17+/m0/s1. The first kappa shape index (κ1) is 16.7. The summed E-state index contributed by atoms with van der Waals surface area (Å²) in [5.74, 6) is 2.60. The highest BCUT2D eigenvalue weighted by molar-refractivity contribution is 5.04. The lowest BCUT2D eigenvalue weighted by Gasteiger charge is -2.35. The van der Waals surface area contributed by atoms with E-state index in [2.05, 4.69) is 50.9 Å². The van der Waals surface area contributed by atoms with Gasteiger partial charge in [-0.15, -0.1) is 0 Å². The number of piperidine rings is 1. The summed E-state index contributed by atoms with van der Waals surface area (Å²) in [7, 11) is 0. The summed E-state index contributed by atoms with van der Waals surface area (Å²) >= 11 is 0. The summed E-state index contributed by atoms with van der Waals surface area (Å²) in [5, 5.41) is 4.11. The van der Waals surface area contributed by atoms with Crippen LogP contribution in [0.3, 0.4) is 0 Å². The second-order valence-corrected chi connectivity index (χ2v) is 7.74. The lowest BCUT2D eigenvalue weighted by molar-refractivity contribution is 0.109. The average Bonchev–Trinajstić information content (AvgIpc) is 2.91. The zero-order valence-corrected chi connectivity index (χ0v) is 15.1. The minimum atomic E-state index is 0.312. The van der Waals surface area contributed by atoms with Gasteiger partial charge >= 0.3 is 0 Å². The molecule has 6 nitrogen and oxygen atoms in total. The van der Waals surface area contributed by atoms with Gasteiger partial charge in [-0.25, -0.2) is 0 Å². The molecule has 0 unspecified atom stereocenters. The third-order valence-electron chi connectivity index (χ3n) is 5.35. The molecule has 2 bridgehead atoms.